The monoisotopic (exact) mass is 292 g/mol. The van der Waals surface area contributed by atoms with E-state index in [2.05, 4.69) is 63.3 Å². The second-order valence-corrected chi connectivity index (χ2v) is 11.8. The molecule has 19 heavy (non-hydrogen) atoms. The first-order valence-corrected chi connectivity index (χ1v) is 11.7. The highest BCUT2D eigenvalue weighted by Crippen LogP contribution is 2.24. The Hall–Kier alpha value is -0.473. The van der Waals surface area contributed by atoms with Crippen molar-refractivity contribution >= 4 is 25.0 Å². The van der Waals surface area contributed by atoms with Gasteiger partial charge in [0.2, 0.25) is 0 Å². The van der Waals surface area contributed by atoms with Crippen molar-refractivity contribution in [1.29, 1.82) is 0 Å². The SMILES string of the molecule is CCCC/C(=C\C[Si](C)(C)c1ccccc1)SCC. The van der Waals surface area contributed by atoms with Crippen LogP contribution in [0.1, 0.15) is 33.1 Å². The molecule has 0 spiro atoms. The van der Waals surface area contributed by atoms with E-state index in [0.29, 0.717) is 0 Å². The zero-order chi connectivity index (χ0) is 14.1. The number of unbranched alkanes of at least 4 members (excludes halogenated alkanes) is 1. The van der Waals surface area contributed by atoms with Gasteiger partial charge in [-0.05, 0) is 29.5 Å². The van der Waals surface area contributed by atoms with Crippen LogP contribution in [0.5, 0.6) is 0 Å². The fraction of sp³-hybridized carbons (Fsp3) is 0.529. The molecule has 0 aromatic heterocycles. The summed E-state index contributed by atoms with van der Waals surface area (Å²) in [4.78, 5) is 1.61. The van der Waals surface area contributed by atoms with E-state index < -0.39 is 8.07 Å². The maximum Gasteiger partial charge on any atom is 0.0843 e. The van der Waals surface area contributed by atoms with Crippen LogP contribution in [-0.4, -0.2) is 13.8 Å². The summed E-state index contributed by atoms with van der Waals surface area (Å²) in [5.41, 5.74) is 0. The van der Waals surface area contributed by atoms with Crippen molar-refractivity contribution in [2.24, 2.45) is 0 Å². The Morgan fingerprint density at radius 1 is 1.16 bits per heavy atom. The Kier molecular flexibility index (Phi) is 7.55. The van der Waals surface area contributed by atoms with Gasteiger partial charge in [-0.3, -0.25) is 0 Å². The second kappa shape index (κ2) is 8.65. The minimum Gasteiger partial charge on any atom is -0.131 e. The second-order valence-electron chi connectivity index (χ2n) is 5.66. The van der Waals surface area contributed by atoms with E-state index >= 15 is 0 Å². The molecular weight excluding hydrogens is 264 g/mol. The minimum absolute atomic E-state index is 1.20. The van der Waals surface area contributed by atoms with Gasteiger partial charge in [-0.25, -0.2) is 0 Å². The normalized spacial score (nSPS) is 12.7. The lowest BCUT2D eigenvalue weighted by atomic mass is 10.2. The molecule has 0 aliphatic rings. The third kappa shape index (κ3) is 6.00. The summed E-state index contributed by atoms with van der Waals surface area (Å²) in [6.07, 6.45) is 6.42. The van der Waals surface area contributed by atoms with E-state index in [4.69, 9.17) is 0 Å². The third-order valence-electron chi connectivity index (χ3n) is 3.50. The summed E-state index contributed by atoms with van der Waals surface area (Å²) in [7, 11) is -1.30. The molecule has 0 saturated heterocycles. The largest absolute Gasteiger partial charge is 0.131 e. The lowest BCUT2D eigenvalue weighted by molar-refractivity contribution is 0.808. The molecular formula is C17H28SSi. The van der Waals surface area contributed by atoms with Crippen LogP contribution in [0, 0.1) is 0 Å². The Morgan fingerprint density at radius 2 is 1.84 bits per heavy atom. The molecule has 0 atom stereocenters. The van der Waals surface area contributed by atoms with Gasteiger partial charge in [-0.2, -0.15) is 0 Å². The number of allylic oxidation sites excluding steroid dienone is 2. The third-order valence-corrected chi connectivity index (χ3v) is 7.65. The minimum atomic E-state index is -1.30. The first-order valence-electron chi connectivity index (χ1n) is 7.47. The van der Waals surface area contributed by atoms with Crippen LogP contribution in [0.15, 0.2) is 41.3 Å². The van der Waals surface area contributed by atoms with Gasteiger partial charge in [-0.1, -0.05) is 75.0 Å². The zero-order valence-electron chi connectivity index (χ0n) is 12.9. The van der Waals surface area contributed by atoms with E-state index in [1.807, 2.05) is 11.8 Å². The Balaban J connectivity index is 2.69. The quantitative estimate of drug-likeness (QED) is 0.576. The smallest absolute Gasteiger partial charge is 0.0843 e. The summed E-state index contributed by atoms with van der Waals surface area (Å²) in [6, 6.07) is 12.3. The molecule has 0 aliphatic heterocycles. The van der Waals surface area contributed by atoms with Crippen molar-refractivity contribution in [2.45, 2.75) is 52.2 Å². The first-order chi connectivity index (χ1) is 9.10. The Morgan fingerprint density at radius 3 is 2.42 bits per heavy atom. The number of benzene rings is 1. The molecule has 0 fully saturated rings. The predicted octanol–water partition coefficient (Wildman–Crippen LogP) is 5.43. The van der Waals surface area contributed by atoms with Crippen LogP contribution in [0.3, 0.4) is 0 Å². The fourth-order valence-electron chi connectivity index (χ4n) is 2.15. The fourth-order valence-corrected chi connectivity index (χ4v) is 5.24. The van der Waals surface area contributed by atoms with E-state index in [1.54, 1.807) is 10.1 Å². The van der Waals surface area contributed by atoms with Crippen LogP contribution in [0.4, 0.5) is 0 Å². The summed E-state index contributed by atoms with van der Waals surface area (Å²) in [5, 5.41) is 1.57. The summed E-state index contributed by atoms with van der Waals surface area (Å²) in [6.45, 7) is 9.49. The topological polar surface area (TPSA) is 0 Å². The molecule has 0 N–H and O–H groups in total. The lowest BCUT2D eigenvalue weighted by Gasteiger charge is -2.21. The van der Waals surface area contributed by atoms with Gasteiger partial charge in [0.15, 0.2) is 0 Å². The highest BCUT2D eigenvalue weighted by molar-refractivity contribution is 8.03. The molecule has 0 aliphatic carbocycles. The lowest BCUT2D eigenvalue weighted by Crippen LogP contribution is -2.40. The van der Waals surface area contributed by atoms with Gasteiger partial charge in [-0.15, -0.1) is 11.8 Å². The van der Waals surface area contributed by atoms with Crippen LogP contribution >= 0.6 is 11.8 Å². The molecule has 106 valence electrons. The first kappa shape index (κ1) is 16.6. The molecule has 0 bridgehead atoms. The van der Waals surface area contributed by atoms with Crippen LogP contribution in [0.25, 0.3) is 0 Å². The highest BCUT2D eigenvalue weighted by atomic mass is 32.2. The van der Waals surface area contributed by atoms with Crippen molar-refractivity contribution in [1.82, 2.24) is 0 Å². The molecule has 1 rings (SSSR count). The molecule has 0 unspecified atom stereocenters. The number of hydrogen-bond acceptors (Lipinski definition) is 1. The molecule has 0 amide bonds. The molecule has 0 heterocycles. The van der Waals surface area contributed by atoms with Crippen LogP contribution < -0.4 is 5.19 Å². The molecule has 0 radical (unpaired) electrons. The van der Waals surface area contributed by atoms with E-state index in [0.717, 1.165) is 0 Å². The van der Waals surface area contributed by atoms with E-state index in [9.17, 15) is 0 Å². The van der Waals surface area contributed by atoms with Crippen molar-refractivity contribution < 1.29 is 0 Å². The summed E-state index contributed by atoms with van der Waals surface area (Å²) < 4.78 is 0. The van der Waals surface area contributed by atoms with Gasteiger partial charge >= 0.3 is 0 Å². The van der Waals surface area contributed by atoms with Crippen molar-refractivity contribution in [3.63, 3.8) is 0 Å². The number of thioether (sulfide) groups is 1. The summed E-state index contributed by atoms with van der Waals surface area (Å²) >= 11 is 2.04. The van der Waals surface area contributed by atoms with Gasteiger partial charge in [0.1, 0.15) is 0 Å². The molecule has 1 aromatic rings. The summed E-state index contributed by atoms with van der Waals surface area (Å²) in [5.74, 6) is 1.20. The van der Waals surface area contributed by atoms with Crippen molar-refractivity contribution in [2.75, 3.05) is 5.75 Å². The van der Waals surface area contributed by atoms with E-state index in [1.165, 1.54) is 31.1 Å². The maximum absolute atomic E-state index is 2.53. The van der Waals surface area contributed by atoms with Gasteiger partial charge in [0, 0.05) is 0 Å². The van der Waals surface area contributed by atoms with Crippen molar-refractivity contribution in [3.8, 4) is 0 Å². The van der Waals surface area contributed by atoms with Crippen LogP contribution in [-0.2, 0) is 0 Å². The number of rotatable bonds is 8. The van der Waals surface area contributed by atoms with Gasteiger partial charge in [0.05, 0.1) is 8.07 Å². The Bertz CT molecular complexity index is 382. The molecule has 1 aromatic carbocycles. The predicted molar refractivity (Wildman–Crippen MR) is 94.1 cm³/mol. The average Bonchev–Trinajstić information content (AvgIpc) is 2.43. The average molecular weight is 293 g/mol. The highest BCUT2D eigenvalue weighted by Gasteiger charge is 2.21. The zero-order valence-corrected chi connectivity index (χ0v) is 14.7. The van der Waals surface area contributed by atoms with Gasteiger partial charge in [0.25, 0.3) is 0 Å². The standard InChI is InChI=1S/C17H28SSi/c1-5-7-11-16(18-6-2)14-15-19(3,4)17-12-9-8-10-13-17/h8-10,12-14H,5-7,11,15H2,1-4H3/b16-14+. The molecule has 2 heteroatoms. The Labute approximate surface area is 124 Å². The maximum atomic E-state index is 2.53. The molecule has 0 nitrogen and oxygen atoms in total. The number of hydrogen-bond donors (Lipinski definition) is 0. The molecule has 0 saturated carbocycles. The van der Waals surface area contributed by atoms with Crippen molar-refractivity contribution in [3.05, 3.63) is 41.3 Å². The van der Waals surface area contributed by atoms with Gasteiger partial charge < -0.3 is 0 Å². The van der Waals surface area contributed by atoms with E-state index in [-0.39, 0.29) is 0 Å². The van der Waals surface area contributed by atoms with Crippen LogP contribution in [0.2, 0.25) is 19.1 Å².